The van der Waals surface area contributed by atoms with E-state index in [1.54, 1.807) is 18.2 Å². The summed E-state index contributed by atoms with van der Waals surface area (Å²) in [6.45, 7) is 0.691. The van der Waals surface area contributed by atoms with Crippen LogP contribution in [0, 0.1) is 0 Å². The fourth-order valence-corrected chi connectivity index (χ4v) is 3.56. The summed E-state index contributed by atoms with van der Waals surface area (Å²) in [5.41, 5.74) is 0.869. The van der Waals surface area contributed by atoms with Crippen molar-refractivity contribution in [2.45, 2.75) is 25.3 Å². The second kappa shape index (κ2) is 7.45. The molecule has 2 aliphatic rings. The Morgan fingerprint density at radius 2 is 2.00 bits per heavy atom. The monoisotopic (exact) mass is 423 g/mol. The molecule has 138 valence electrons. The van der Waals surface area contributed by atoms with Crippen LogP contribution in [0.15, 0.2) is 22.7 Å². The number of carbonyl (C=O) groups is 4. The van der Waals surface area contributed by atoms with E-state index in [2.05, 4.69) is 21.2 Å². The lowest BCUT2D eigenvalue weighted by molar-refractivity contribution is -0.137. The van der Waals surface area contributed by atoms with Crippen molar-refractivity contribution >= 4 is 45.3 Å². The zero-order valence-corrected chi connectivity index (χ0v) is 15.5. The Morgan fingerprint density at radius 1 is 1.23 bits per heavy atom. The molecule has 3 amide bonds. The maximum Gasteiger partial charge on any atom is 0.303 e. The first kappa shape index (κ1) is 18.4. The van der Waals surface area contributed by atoms with E-state index in [0.717, 1.165) is 4.47 Å². The molecule has 0 saturated carbocycles. The summed E-state index contributed by atoms with van der Waals surface area (Å²) in [5, 5.41) is 11.4. The number of carboxylic acid groups (broad SMARTS) is 1. The van der Waals surface area contributed by atoms with E-state index in [4.69, 9.17) is 5.11 Å². The number of halogens is 1. The number of aliphatic carboxylic acids is 1. The third kappa shape index (κ3) is 3.72. The van der Waals surface area contributed by atoms with Crippen LogP contribution in [0.4, 0.5) is 5.69 Å². The number of carboxylic acids is 1. The number of piperazine rings is 1. The molecule has 0 aromatic heterocycles. The molecular formula is C17H18BrN3O5. The number of benzene rings is 1. The largest absolute Gasteiger partial charge is 0.481 e. The van der Waals surface area contributed by atoms with E-state index in [1.165, 1.54) is 9.80 Å². The molecule has 0 radical (unpaired) electrons. The lowest BCUT2D eigenvalue weighted by Gasteiger charge is -2.39. The van der Waals surface area contributed by atoms with Crippen LogP contribution in [-0.2, 0) is 14.4 Å². The Morgan fingerprint density at radius 3 is 2.73 bits per heavy atom. The van der Waals surface area contributed by atoms with Crippen molar-refractivity contribution in [3.63, 3.8) is 0 Å². The molecule has 2 heterocycles. The van der Waals surface area contributed by atoms with Crippen molar-refractivity contribution in [2.75, 3.05) is 25.0 Å². The summed E-state index contributed by atoms with van der Waals surface area (Å²) in [6.07, 6.45) is 0.295. The molecule has 0 spiro atoms. The average molecular weight is 424 g/mol. The van der Waals surface area contributed by atoms with E-state index in [0.29, 0.717) is 17.8 Å². The molecule has 1 atom stereocenters. The van der Waals surface area contributed by atoms with Gasteiger partial charge in [-0.25, -0.2) is 0 Å². The minimum Gasteiger partial charge on any atom is -0.481 e. The van der Waals surface area contributed by atoms with Gasteiger partial charge in [0, 0.05) is 30.4 Å². The molecule has 0 bridgehead atoms. The summed E-state index contributed by atoms with van der Waals surface area (Å²) in [7, 11) is 0. The van der Waals surface area contributed by atoms with E-state index in [1.807, 2.05) is 0 Å². The first-order chi connectivity index (χ1) is 12.4. The van der Waals surface area contributed by atoms with Gasteiger partial charge in [0.15, 0.2) is 0 Å². The number of amides is 3. The van der Waals surface area contributed by atoms with E-state index in [-0.39, 0.29) is 50.1 Å². The lowest BCUT2D eigenvalue weighted by Crippen LogP contribution is -2.59. The third-order valence-corrected chi connectivity index (χ3v) is 5.04. The Bertz CT molecular complexity index is 782. The Hall–Kier alpha value is -2.42. The summed E-state index contributed by atoms with van der Waals surface area (Å²) in [4.78, 5) is 51.3. The van der Waals surface area contributed by atoms with Crippen molar-refractivity contribution < 1.29 is 24.3 Å². The second-order valence-corrected chi connectivity index (χ2v) is 7.20. The lowest BCUT2D eigenvalue weighted by atomic mass is 10.1. The van der Waals surface area contributed by atoms with Gasteiger partial charge in [0.25, 0.3) is 5.91 Å². The summed E-state index contributed by atoms with van der Waals surface area (Å²) in [6, 6.07) is 4.33. The third-order valence-electron chi connectivity index (χ3n) is 4.55. The molecule has 2 N–H and O–H groups in total. The maximum atomic E-state index is 12.8. The first-order valence-electron chi connectivity index (χ1n) is 8.28. The van der Waals surface area contributed by atoms with Crippen LogP contribution in [0.1, 0.15) is 29.6 Å². The van der Waals surface area contributed by atoms with Crippen LogP contribution < -0.4 is 5.32 Å². The summed E-state index contributed by atoms with van der Waals surface area (Å²) in [5.74, 6) is -1.72. The number of carbonyl (C=O) groups excluding carboxylic acids is 3. The highest BCUT2D eigenvalue weighted by atomic mass is 79.9. The molecule has 2 aliphatic heterocycles. The number of hydrogen-bond donors (Lipinski definition) is 2. The minimum absolute atomic E-state index is 0.0711. The predicted octanol–water partition coefficient (Wildman–Crippen LogP) is 1.31. The van der Waals surface area contributed by atoms with Crippen LogP contribution in [0.3, 0.4) is 0 Å². The fourth-order valence-electron chi connectivity index (χ4n) is 3.20. The molecule has 1 saturated heterocycles. The highest BCUT2D eigenvalue weighted by molar-refractivity contribution is 9.10. The van der Waals surface area contributed by atoms with Gasteiger partial charge in [0.1, 0.15) is 6.04 Å². The minimum atomic E-state index is -0.944. The van der Waals surface area contributed by atoms with E-state index >= 15 is 0 Å². The van der Waals surface area contributed by atoms with Crippen molar-refractivity contribution in [1.82, 2.24) is 9.80 Å². The van der Waals surface area contributed by atoms with Gasteiger partial charge in [0.2, 0.25) is 11.8 Å². The Kier molecular flexibility index (Phi) is 5.26. The van der Waals surface area contributed by atoms with Gasteiger partial charge < -0.3 is 20.2 Å². The van der Waals surface area contributed by atoms with Gasteiger partial charge in [-0.15, -0.1) is 0 Å². The second-order valence-electron chi connectivity index (χ2n) is 6.28. The Balaban J connectivity index is 1.74. The smallest absolute Gasteiger partial charge is 0.303 e. The Labute approximate surface area is 158 Å². The van der Waals surface area contributed by atoms with Crippen LogP contribution >= 0.6 is 15.9 Å². The summed E-state index contributed by atoms with van der Waals surface area (Å²) < 4.78 is 0.740. The fraction of sp³-hybridized carbons (Fsp3) is 0.412. The molecule has 1 fully saturated rings. The zero-order chi connectivity index (χ0) is 18.8. The predicted molar refractivity (Wildman–Crippen MR) is 95.7 cm³/mol. The van der Waals surface area contributed by atoms with Crippen LogP contribution in [0.25, 0.3) is 0 Å². The van der Waals surface area contributed by atoms with Crippen molar-refractivity contribution in [3.05, 3.63) is 28.2 Å². The van der Waals surface area contributed by atoms with Gasteiger partial charge in [-0.3, -0.25) is 19.2 Å². The molecule has 1 unspecified atom stereocenters. The molecule has 1 aromatic rings. The van der Waals surface area contributed by atoms with Crippen LogP contribution in [-0.4, -0.2) is 64.3 Å². The molecule has 1 aromatic carbocycles. The van der Waals surface area contributed by atoms with Gasteiger partial charge in [-0.05, 0) is 24.6 Å². The number of rotatable bonds is 4. The number of anilines is 1. The topological polar surface area (TPSA) is 107 Å². The van der Waals surface area contributed by atoms with Crippen molar-refractivity contribution in [2.24, 2.45) is 0 Å². The van der Waals surface area contributed by atoms with E-state index in [9.17, 15) is 19.2 Å². The first-order valence-corrected chi connectivity index (χ1v) is 9.07. The average Bonchev–Trinajstić information content (AvgIpc) is 2.70. The number of hydrogen-bond acceptors (Lipinski definition) is 4. The van der Waals surface area contributed by atoms with E-state index < -0.39 is 12.0 Å². The van der Waals surface area contributed by atoms with Gasteiger partial charge in [-0.1, -0.05) is 15.9 Å². The standard InChI is InChI=1S/C17H18BrN3O5/c18-10-4-5-12-11(8-10)17(26)21-7-6-20(9-13(21)16(25)19-12)14(22)2-1-3-15(23)24/h4-5,8,13H,1-3,6-7,9H2,(H,19,25)(H,23,24). The highest BCUT2D eigenvalue weighted by Crippen LogP contribution is 2.28. The molecular weight excluding hydrogens is 406 g/mol. The van der Waals surface area contributed by atoms with Crippen LogP contribution in [0.5, 0.6) is 0 Å². The SMILES string of the molecule is O=C(O)CCCC(=O)N1CCN2C(=O)c3cc(Br)ccc3NC(=O)C2C1. The number of fused-ring (bicyclic) bond motifs is 2. The van der Waals surface area contributed by atoms with Crippen LogP contribution in [0.2, 0.25) is 0 Å². The number of nitrogens with one attached hydrogen (secondary N) is 1. The normalized spacial score (nSPS) is 19.3. The molecule has 26 heavy (non-hydrogen) atoms. The molecule has 8 nitrogen and oxygen atoms in total. The summed E-state index contributed by atoms with van der Waals surface area (Å²) >= 11 is 3.33. The highest BCUT2D eigenvalue weighted by Gasteiger charge is 2.40. The molecule has 0 aliphatic carbocycles. The van der Waals surface area contributed by atoms with Crippen molar-refractivity contribution in [3.8, 4) is 0 Å². The van der Waals surface area contributed by atoms with Crippen molar-refractivity contribution in [1.29, 1.82) is 0 Å². The molecule has 3 rings (SSSR count). The molecule has 9 heteroatoms. The maximum absolute atomic E-state index is 12.8. The quantitative estimate of drug-likeness (QED) is 0.758. The van der Waals surface area contributed by atoms with Gasteiger partial charge in [0.05, 0.1) is 17.8 Å². The van der Waals surface area contributed by atoms with Gasteiger partial charge in [-0.2, -0.15) is 0 Å². The zero-order valence-electron chi connectivity index (χ0n) is 13.9. The number of nitrogens with zero attached hydrogens (tertiary/aromatic N) is 2. The van der Waals surface area contributed by atoms with Gasteiger partial charge >= 0.3 is 5.97 Å².